The van der Waals surface area contributed by atoms with E-state index in [1.807, 2.05) is 0 Å². The number of carbonyl (C=O) groups excluding carboxylic acids is 1. The fourth-order valence-corrected chi connectivity index (χ4v) is 1.95. The van der Waals surface area contributed by atoms with E-state index in [0.717, 1.165) is 0 Å². The molecule has 1 aromatic heterocycles. The number of hydrogen-bond acceptors (Lipinski definition) is 5. The highest BCUT2D eigenvalue weighted by Gasteiger charge is 2.15. The van der Waals surface area contributed by atoms with Crippen molar-refractivity contribution in [2.45, 2.75) is 19.5 Å². The maximum Gasteiger partial charge on any atom is 0.346 e. The van der Waals surface area contributed by atoms with Gasteiger partial charge in [0.2, 0.25) is 0 Å². The van der Waals surface area contributed by atoms with Gasteiger partial charge in [0.05, 0.1) is 7.11 Å². The van der Waals surface area contributed by atoms with Crippen LogP contribution in [-0.4, -0.2) is 30.2 Å². The molecule has 0 radical (unpaired) electrons. The van der Waals surface area contributed by atoms with Crippen LogP contribution in [0.1, 0.15) is 22.2 Å². The van der Waals surface area contributed by atoms with E-state index >= 15 is 0 Å². The summed E-state index contributed by atoms with van der Waals surface area (Å²) < 4.78 is 4.54. The van der Waals surface area contributed by atoms with Crippen LogP contribution in [0.15, 0.2) is 11.4 Å². The highest BCUT2D eigenvalue weighted by molar-refractivity contribution is 7.12. The Balaban J connectivity index is 2.58. The number of aromatic carboxylic acids is 1. The van der Waals surface area contributed by atoms with Crippen molar-refractivity contribution < 1.29 is 19.4 Å². The molecule has 1 atom stereocenters. The lowest BCUT2D eigenvalue weighted by atomic mass is 10.2. The molecule has 0 aliphatic rings. The summed E-state index contributed by atoms with van der Waals surface area (Å²) in [5.41, 5.74) is 0.674. The number of carboxylic acids is 1. The highest BCUT2D eigenvalue weighted by atomic mass is 32.1. The number of carboxylic acid groups (broad SMARTS) is 1. The molecule has 16 heavy (non-hydrogen) atoms. The summed E-state index contributed by atoms with van der Waals surface area (Å²) in [6, 6.07) is 1.28. The molecule has 1 unspecified atom stereocenters. The van der Waals surface area contributed by atoms with Gasteiger partial charge in [-0.1, -0.05) is 0 Å². The smallest absolute Gasteiger partial charge is 0.346 e. The molecule has 0 aliphatic carbocycles. The molecule has 5 nitrogen and oxygen atoms in total. The van der Waals surface area contributed by atoms with Crippen LogP contribution in [0.25, 0.3) is 0 Å². The maximum atomic E-state index is 11.1. The molecule has 0 spiro atoms. The van der Waals surface area contributed by atoms with Crippen LogP contribution in [0, 0.1) is 0 Å². The lowest BCUT2D eigenvalue weighted by Gasteiger charge is -2.10. The van der Waals surface area contributed by atoms with Crippen molar-refractivity contribution in [3.63, 3.8) is 0 Å². The van der Waals surface area contributed by atoms with Crippen molar-refractivity contribution in [1.82, 2.24) is 5.32 Å². The zero-order valence-electron chi connectivity index (χ0n) is 9.02. The van der Waals surface area contributed by atoms with Gasteiger partial charge in [0, 0.05) is 6.54 Å². The molecule has 1 aromatic rings. The number of nitrogens with one attached hydrogen (secondary N) is 1. The number of rotatable bonds is 5. The number of methoxy groups -OCH3 is 1. The Morgan fingerprint density at radius 2 is 2.31 bits per heavy atom. The second-order valence-electron chi connectivity index (χ2n) is 3.21. The zero-order valence-corrected chi connectivity index (χ0v) is 9.84. The third kappa shape index (κ3) is 3.04. The number of esters is 1. The van der Waals surface area contributed by atoms with Crippen LogP contribution < -0.4 is 5.32 Å². The van der Waals surface area contributed by atoms with Crippen molar-refractivity contribution in [1.29, 1.82) is 0 Å². The summed E-state index contributed by atoms with van der Waals surface area (Å²) in [5, 5.41) is 13.5. The van der Waals surface area contributed by atoms with Crippen molar-refractivity contribution in [3.05, 3.63) is 21.9 Å². The first-order valence-corrected chi connectivity index (χ1v) is 5.55. The topological polar surface area (TPSA) is 75.6 Å². The average molecular weight is 243 g/mol. The third-order valence-corrected chi connectivity index (χ3v) is 3.04. The molecule has 0 bridgehead atoms. The maximum absolute atomic E-state index is 11.1. The van der Waals surface area contributed by atoms with Gasteiger partial charge in [-0.2, -0.15) is 0 Å². The molecule has 1 rings (SSSR count). The summed E-state index contributed by atoms with van der Waals surface area (Å²) in [4.78, 5) is 22.2. The minimum Gasteiger partial charge on any atom is -0.477 e. The molecule has 0 aliphatic heterocycles. The summed E-state index contributed by atoms with van der Waals surface area (Å²) in [5.74, 6) is -1.32. The van der Waals surface area contributed by atoms with Gasteiger partial charge >= 0.3 is 11.9 Å². The minimum absolute atomic E-state index is 0.296. The van der Waals surface area contributed by atoms with Gasteiger partial charge < -0.3 is 15.2 Å². The number of carbonyl (C=O) groups is 2. The predicted octanol–water partition coefficient (Wildman–Crippen LogP) is 1.10. The van der Waals surface area contributed by atoms with Gasteiger partial charge in [-0.15, -0.1) is 11.3 Å². The van der Waals surface area contributed by atoms with E-state index < -0.39 is 12.0 Å². The lowest BCUT2D eigenvalue weighted by molar-refractivity contribution is -0.142. The van der Waals surface area contributed by atoms with Gasteiger partial charge in [0.1, 0.15) is 10.9 Å². The van der Waals surface area contributed by atoms with Crippen molar-refractivity contribution >= 4 is 23.3 Å². The molecular weight excluding hydrogens is 230 g/mol. The quantitative estimate of drug-likeness (QED) is 0.757. The molecule has 6 heteroatoms. The average Bonchev–Trinajstić information content (AvgIpc) is 2.72. The van der Waals surface area contributed by atoms with Crippen LogP contribution in [0.2, 0.25) is 0 Å². The van der Waals surface area contributed by atoms with E-state index in [1.54, 1.807) is 18.4 Å². The summed E-state index contributed by atoms with van der Waals surface area (Å²) >= 11 is 1.17. The molecule has 0 amide bonds. The van der Waals surface area contributed by atoms with Crippen LogP contribution in [0.5, 0.6) is 0 Å². The Hall–Kier alpha value is -1.40. The number of hydrogen-bond donors (Lipinski definition) is 2. The van der Waals surface area contributed by atoms with Crippen LogP contribution in [0.3, 0.4) is 0 Å². The van der Waals surface area contributed by atoms with Crippen LogP contribution in [-0.2, 0) is 16.1 Å². The fourth-order valence-electron chi connectivity index (χ4n) is 1.19. The van der Waals surface area contributed by atoms with Gasteiger partial charge in [0.25, 0.3) is 0 Å². The molecule has 1 heterocycles. The van der Waals surface area contributed by atoms with E-state index in [0.29, 0.717) is 17.0 Å². The van der Waals surface area contributed by atoms with E-state index in [-0.39, 0.29) is 5.97 Å². The third-order valence-electron chi connectivity index (χ3n) is 2.09. The molecular formula is C10H13NO4S. The van der Waals surface area contributed by atoms with E-state index in [1.165, 1.54) is 18.4 Å². The van der Waals surface area contributed by atoms with E-state index in [4.69, 9.17) is 5.11 Å². The normalized spacial score (nSPS) is 12.1. The van der Waals surface area contributed by atoms with Crippen molar-refractivity contribution in [2.24, 2.45) is 0 Å². The van der Waals surface area contributed by atoms with Crippen LogP contribution >= 0.6 is 11.3 Å². The standard InChI is InChI=1S/C10H13NO4S/c1-6(10(14)15-2)11-5-7-3-4-16-8(7)9(12)13/h3-4,6,11H,5H2,1-2H3,(H,12,13). The van der Waals surface area contributed by atoms with E-state index in [2.05, 4.69) is 10.1 Å². The first kappa shape index (κ1) is 12.7. The van der Waals surface area contributed by atoms with Gasteiger partial charge in [-0.25, -0.2) is 4.79 Å². The number of ether oxygens (including phenoxy) is 1. The van der Waals surface area contributed by atoms with E-state index in [9.17, 15) is 9.59 Å². The lowest BCUT2D eigenvalue weighted by Crippen LogP contribution is -2.34. The molecule has 0 fully saturated rings. The predicted molar refractivity (Wildman–Crippen MR) is 59.6 cm³/mol. The Morgan fingerprint density at radius 1 is 1.62 bits per heavy atom. The Kier molecular flexibility index (Phi) is 4.45. The SMILES string of the molecule is COC(=O)C(C)NCc1ccsc1C(=O)O. The largest absolute Gasteiger partial charge is 0.477 e. The molecule has 0 aromatic carbocycles. The van der Waals surface area contributed by atoms with Crippen molar-refractivity contribution in [2.75, 3.05) is 7.11 Å². The Morgan fingerprint density at radius 3 is 2.88 bits per heavy atom. The highest BCUT2D eigenvalue weighted by Crippen LogP contribution is 2.16. The number of thiophene rings is 1. The van der Waals surface area contributed by atoms with Crippen molar-refractivity contribution in [3.8, 4) is 0 Å². The summed E-state index contributed by atoms with van der Waals surface area (Å²) in [7, 11) is 1.31. The summed E-state index contributed by atoms with van der Waals surface area (Å²) in [6.07, 6.45) is 0. The first-order valence-electron chi connectivity index (χ1n) is 4.67. The molecule has 0 saturated carbocycles. The second kappa shape index (κ2) is 5.62. The Bertz CT molecular complexity index is 388. The van der Waals surface area contributed by atoms with Gasteiger partial charge in [-0.05, 0) is 23.9 Å². The molecule has 88 valence electrons. The zero-order chi connectivity index (χ0) is 12.1. The van der Waals surface area contributed by atoms with Crippen LogP contribution in [0.4, 0.5) is 0 Å². The second-order valence-corrected chi connectivity index (χ2v) is 4.12. The van der Waals surface area contributed by atoms with Gasteiger partial charge in [-0.3, -0.25) is 4.79 Å². The summed E-state index contributed by atoms with van der Waals surface area (Å²) in [6.45, 7) is 2.00. The first-order chi connectivity index (χ1) is 7.56. The fraction of sp³-hybridized carbons (Fsp3) is 0.400. The Labute approximate surface area is 97.0 Å². The minimum atomic E-state index is -0.947. The molecule has 2 N–H and O–H groups in total. The molecule has 0 saturated heterocycles. The van der Waals surface area contributed by atoms with Gasteiger partial charge in [0.15, 0.2) is 0 Å². The monoisotopic (exact) mass is 243 g/mol.